The van der Waals surface area contributed by atoms with E-state index < -0.39 is 28.8 Å². The van der Waals surface area contributed by atoms with Gasteiger partial charge in [0.2, 0.25) is 0 Å². The lowest BCUT2D eigenvalue weighted by Crippen LogP contribution is -2.40. The zero-order chi connectivity index (χ0) is 40.0. The van der Waals surface area contributed by atoms with Crippen LogP contribution in [-0.4, -0.2) is 68.1 Å². The Kier molecular flexibility index (Phi) is 10.4. The first-order valence-electron chi connectivity index (χ1n) is 19.3. The second kappa shape index (κ2) is 15.0. The summed E-state index contributed by atoms with van der Waals surface area (Å²) in [5.41, 5.74) is 3.97. The average molecular weight is 759 g/mol. The summed E-state index contributed by atoms with van der Waals surface area (Å²) < 4.78 is 36.9. The summed E-state index contributed by atoms with van der Waals surface area (Å²) >= 11 is 0. The van der Waals surface area contributed by atoms with Crippen LogP contribution < -0.4 is 4.74 Å². The monoisotopic (exact) mass is 758 g/mol. The Balaban J connectivity index is 1.47. The minimum Gasteiger partial charge on any atom is -0.511 e. The predicted octanol–water partition coefficient (Wildman–Crippen LogP) is 9.36. The number of carbonyl (C=O) groups excluding carboxylic acids is 1. The van der Waals surface area contributed by atoms with E-state index in [9.17, 15) is 9.90 Å². The number of ether oxygens (including phenoxy) is 3. The Morgan fingerprint density at radius 3 is 2.50 bits per heavy atom. The number of esters is 1. The summed E-state index contributed by atoms with van der Waals surface area (Å²) in [7, 11) is 0. The van der Waals surface area contributed by atoms with Crippen LogP contribution in [0.15, 0.2) is 102 Å². The van der Waals surface area contributed by atoms with E-state index in [2.05, 4.69) is 4.90 Å². The van der Waals surface area contributed by atoms with Crippen LogP contribution in [-0.2, 0) is 26.2 Å². The van der Waals surface area contributed by atoms with Gasteiger partial charge < -0.3 is 19.3 Å². The maximum absolute atomic E-state index is 16.5. The molecule has 3 atom stereocenters. The minimum absolute atomic E-state index is 0.0196. The summed E-state index contributed by atoms with van der Waals surface area (Å²) in [6.07, 6.45) is 2.22. The molecule has 1 aliphatic carbocycles. The number of aliphatic hydroxyl groups is 1. The van der Waals surface area contributed by atoms with E-state index in [4.69, 9.17) is 24.3 Å². The fourth-order valence-electron chi connectivity index (χ4n) is 7.64. The number of alkyl halides is 1. The van der Waals surface area contributed by atoms with Gasteiger partial charge >= 0.3 is 5.97 Å². The van der Waals surface area contributed by atoms with E-state index in [0.717, 1.165) is 27.8 Å². The van der Waals surface area contributed by atoms with Gasteiger partial charge in [-0.2, -0.15) is 5.10 Å². The summed E-state index contributed by atoms with van der Waals surface area (Å²) in [4.78, 5) is 20.9. The highest BCUT2D eigenvalue weighted by atomic mass is 19.1. The number of allylic oxidation sites excluding steroid dienone is 2. The highest BCUT2D eigenvalue weighted by Gasteiger charge is 2.43. The smallest absolute Gasteiger partial charge is 0.340 e. The lowest BCUT2D eigenvalue weighted by Gasteiger charge is -2.38. The maximum atomic E-state index is 16.5. The van der Waals surface area contributed by atoms with Crippen molar-refractivity contribution in [3.63, 3.8) is 0 Å². The van der Waals surface area contributed by atoms with E-state index in [1.165, 1.54) is 6.92 Å². The molecule has 0 fully saturated rings. The number of aryl methyl sites for hydroxylation is 2. The van der Waals surface area contributed by atoms with Crippen LogP contribution in [0.25, 0.3) is 28.2 Å². The maximum Gasteiger partial charge on any atom is 0.340 e. The van der Waals surface area contributed by atoms with E-state index in [0.29, 0.717) is 52.7 Å². The third kappa shape index (κ3) is 7.60. The van der Waals surface area contributed by atoms with Gasteiger partial charge in [-0.25, -0.2) is 18.7 Å². The molecule has 3 aromatic carbocycles. The molecule has 0 amide bonds. The fraction of sp³-hybridized carbons (Fsp3) is 0.370. The first kappa shape index (κ1) is 38.9. The summed E-state index contributed by atoms with van der Waals surface area (Å²) in [6.45, 7) is 16.4. The number of aliphatic hydroxyl groups excluding tert-OH is 1. The molecule has 3 heterocycles. The second-order valence-electron chi connectivity index (χ2n) is 16.2. The lowest BCUT2D eigenvalue weighted by molar-refractivity contribution is -0.166. The predicted molar refractivity (Wildman–Crippen MR) is 216 cm³/mol. The molecule has 0 radical (unpaired) electrons. The van der Waals surface area contributed by atoms with Crippen molar-refractivity contribution in [2.75, 3.05) is 26.3 Å². The molecular formula is C46H51FN4O5. The summed E-state index contributed by atoms with van der Waals surface area (Å²) in [6, 6.07) is 25.7. The number of carbonyl (C=O) groups is 1. The number of halogens is 1. The largest absolute Gasteiger partial charge is 0.511 e. The first-order valence-corrected chi connectivity index (χ1v) is 19.3. The summed E-state index contributed by atoms with van der Waals surface area (Å²) in [5, 5.41) is 17.3. The normalized spacial score (nSPS) is 20.7. The van der Waals surface area contributed by atoms with Crippen molar-refractivity contribution in [3.8, 4) is 28.3 Å². The number of hydrogen-bond acceptors (Lipinski definition) is 8. The van der Waals surface area contributed by atoms with Crippen LogP contribution in [0.1, 0.15) is 75.6 Å². The van der Waals surface area contributed by atoms with Gasteiger partial charge in [-0.15, -0.1) is 0 Å². The molecular weight excluding hydrogens is 708 g/mol. The quantitative estimate of drug-likeness (QED) is 0.135. The number of hydrogen-bond donors (Lipinski definition) is 1. The standard InChI is InChI=1S/C46H51FN4O5/c1-9-54-43(53)41(56-44(4,5)6)39-30(3)48-38-26-36-32-16-13-17-34(24-32)45(7)20-21-46(8,47)35(42(45)52)28-50(27-31-14-11-10-12-15-31)22-23-55-37-25-33(19-18-29(37)2)40(39)51(38)49-36/h10-21,24-26,41,52H,9,22-23,27-28H2,1-8H3/t41-,45?,46?/m0/s1. The highest BCUT2D eigenvalue weighted by Crippen LogP contribution is 2.44. The molecule has 0 saturated heterocycles. The Hall–Kier alpha value is -5.32. The number of aromatic nitrogens is 3. The molecule has 1 N–H and O–H groups in total. The van der Waals surface area contributed by atoms with Crippen molar-refractivity contribution in [2.45, 2.75) is 84.7 Å². The van der Waals surface area contributed by atoms with Crippen molar-refractivity contribution >= 4 is 11.6 Å². The van der Waals surface area contributed by atoms with Gasteiger partial charge in [0, 0.05) is 53.7 Å². The van der Waals surface area contributed by atoms with Gasteiger partial charge in [0.15, 0.2) is 17.4 Å². The fourth-order valence-corrected chi connectivity index (χ4v) is 7.64. The van der Waals surface area contributed by atoms with E-state index >= 15 is 4.39 Å². The molecule has 8 bridgehead atoms. The highest BCUT2D eigenvalue weighted by molar-refractivity contribution is 5.82. The minimum atomic E-state index is -1.87. The molecule has 292 valence electrons. The van der Waals surface area contributed by atoms with Gasteiger partial charge in [0.25, 0.3) is 0 Å². The molecule has 5 aromatic rings. The summed E-state index contributed by atoms with van der Waals surface area (Å²) in [5.74, 6) is 0.107. The number of rotatable bonds is 6. The molecule has 2 unspecified atom stereocenters. The van der Waals surface area contributed by atoms with E-state index in [1.807, 2.05) is 120 Å². The van der Waals surface area contributed by atoms with Crippen molar-refractivity contribution in [1.29, 1.82) is 0 Å². The van der Waals surface area contributed by atoms with Gasteiger partial charge in [0.05, 0.1) is 29.0 Å². The zero-order valence-corrected chi connectivity index (χ0v) is 33.5. The first-order chi connectivity index (χ1) is 26.6. The molecule has 2 aromatic heterocycles. The third-order valence-electron chi connectivity index (χ3n) is 10.7. The third-order valence-corrected chi connectivity index (χ3v) is 10.7. The number of benzene rings is 3. The van der Waals surface area contributed by atoms with Gasteiger partial charge in [-0.1, -0.05) is 66.7 Å². The Morgan fingerprint density at radius 2 is 1.77 bits per heavy atom. The molecule has 0 spiro atoms. The second-order valence-corrected chi connectivity index (χ2v) is 16.2. The molecule has 2 aliphatic rings. The van der Waals surface area contributed by atoms with Crippen LogP contribution >= 0.6 is 0 Å². The van der Waals surface area contributed by atoms with Crippen LogP contribution in [0.2, 0.25) is 0 Å². The lowest BCUT2D eigenvalue weighted by atomic mass is 9.71. The van der Waals surface area contributed by atoms with E-state index in [1.54, 1.807) is 23.6 Å². The number of fused-ring (bicyclic) bond motifs is 9. The molecule has 10 heteroatoms. The SMILES string of the molecule is CCOC(=O)[C@@H](OC(C)(C)C)c1c(C)nc2cc3nn2c1-c1ccc(C)c(c1)OCCN(Cc1ccccc1)CC1=C(O)C(C)(C=CC1(C)F)c1cccc-3c1. The van der Waals surface area contributed by atoms with Gasteiger partial charge in [-0.05, 0) is 90.3 Å². The van der Waals surface area contributed by atoms with Crippen molar-refractivity contribution < 1.29 is 28.5 Å². The molecule has 9 nitrogen and oxygen atoms in total. The van der Waals surface area contributed by atoms with Crippen LogP contribution in [0.4, 0.5) is 4.39 Å². The average Bonchev–Trinajstić information content (AvgIpc) is 3.58. The Bertz CT molecular complexity index is 2340. The molecule has 7 rings (SSSR count). The topological polar surface area (TPSA) is 98.4 Å². The van der Waals surface area contributed by atoms with Crippen LogP contribution in [0.5, 0.6) is 5.75 Å². The van der Waals surface area contributed by atoms with Crippen molar-refractivity contribution in [1.82, 2.24) is 19.5 Å². The Labute approximate surface area is 328 Å². The molecule has 1 aliphatic heterocycles. The van der Waals surface area contributed by atoms with Crippen molar-refractivity contribution in [3.05, 3.63) is 130 Å². The number of nitrogens with zero attached hydrogens (tertiary/aromatic N) is 4. The Morgan fingerprint density at radius 1 is 1.00 bits per heavy atom. The van der Waals surface area contributed by atoms with Gasteiger partial charge in [0.1, 0.15) is 18.1 Å². The van der Waals surface area contributed by atoms with Crippen LogP contribution in [0.3, 0.4) is 0 Å². The zero-order valence-electron chi connectivity index (χ0n) is 33.5. The molecule has 56 heavy (non-hydrogen) atoms. The van der Waals surface area contributed by atoms with E-state index in [-0.39, 0.29) is 25.5 Å². The molecule has 0 saturated carbocycles. The van der Waals surface area contributed by atoms with Crippen LogP contribution in [0, 0.1) is 13.8 Å². The van der Waals surface area contributed by atoms with Gasteiger partial charge in [-0.3, -0.25) is 4.90 Å². The van der Waals surface area contributed by atoms with Crippen molar-refractivity contribution in [2.24, 2.45) is 0 Å².